The van der Waals surface area contributed by atoms with E-state index in [1.54, 1.807) is 24.7 Å². The molecular weight excluding hydrogens is 344 g/mol. The average Bonchev–Trinajstić information content (AvgIpc) is 3.14. The Balaban J connectivity index is 1.52. The van der Waals surface area contributed by atoms with E-state index in [2.05, 4.69) is 20.3 Å². The van der Waals surface area contributed by atoms with Gasteiger partial charge in [-0.2, -0.15) is 0 Å². The van der Waals surface area contributed by atoms with Crippen LogP contribution in [0.15, 0.2) is 49.1 Å². The number of aryl methyl sites for hydroxylation is 1. The number of amides is 1. The van der Waals surface area contributed by atoms with Crippen LogP contribution in [0.25, 0.3) is 0 Å². The zero-order chi connectivity index (χ0) is 18.6. The van der Waals surface area contributed by atoms with Gasteiger partial charge >= 0.3 is 0 Å². The number of Topliss-reactive ketones (excluding diaryl/α,β-unsaturated/α-hetero) is 1. The second kappa shape index (κ2) is 7.41. The highest BCUT2D eigenvalue weighted by Crippen LogP contribution is 2.27. The van der Waals surface area contributed by atoms with Crippen LogP contribution in [-0.4, -0.2) is 26.6 Å². The minimum Gasteiger partial charge on any atom is -0.485 e. The third-order valence-electron chi connectivity index (χ3n) is 4.45. The SMILES string of the molecule is O=C(Nc1cnccc1OCc1ccccn1)c1c[nH]c2c1C(=O)CCC2. The van der Waals surface area contributed by atoms with Crippen LogP contribution in [-0.2, 0) is 13.0 Å². The lowest BCUT2D eigenvalue weighted by Gasteiger charge is -2.13. The molecule has 3 aromatic rings. The number of anilines is 1. The first kappa shape index (κ1) is 17.0. The van der Waals surface area contributed by atoms with Crippen molar-refractivity contribution >= 4 is 17.4 Å². The quantitative estimate of drug-likeness (QED) is 0.727. The number of pyridine rings is 2. The summed E-state index contributed by atoms with van der Waals surface area (Å²) in [5, 5.41) is 2.80. The Morgan fingerprint density at radius 1 is 1.22 bits per heavy atom. The standard InChI is InChI=1S/C20H18N4O3/c25-17-6-3-5-15-19(17)14(10-23-15)20(26)24-16-11-21-9-7-18(16)27-12-13-4-1-2-8-22-13/h1-2,4,7-11,23H,3,5-6,12H2,(H,24,26). The maximum Gasteiger partial charge on any atom is 0.258 e. The third-order valence-corrected chi connectivity index (χ3v) is 4.45. The molecule has 1 aliphatic carbocycles. The van der Waals surface area contributed by atoms with Gasteiger partial charge in [-0.3, -0.25) is 19.6 Å². The molecule has 4 rings (SSSR count). The summed E-state index contributed by atoms with van der Waals surface area (Å²) in [7, 11) is 0. The van der Waals surface area contributed by atoms with Crippen molar-refractivity contribution < 1.29 is 14.3 Å². The maximum atomic E-state index is 12.7. The van der Waals surface area contributed by atoms with Gasteiger partial charge in [-0.05, 0) is 25.0 Å². The van der Waals surface area contributed by atoms with Crippen LogP contribution in [0.3, 0.4) is 0 Å². The van der Waals surface area contributed by atoms with Crippen molar-refractivity contribution in [2.24, 2.45) is 0 Å². The molecule has 0 bridgehead atoms. The molecule has 7 heteroatoms. The summed E-state index contributed by atoms with van der Waals surface area (Å²) in [5.74, 6) is 0.124. The van der Waals surface area contributed by atoms with E-state index < -0.39 is 0 Å². The highest BCUT2D eigenvalue weighted by molar-refractivity contribution is 6.13. The number of rotatable bonds is 5. The monoisotopic (exact) mass is 362 g/mol. The number of hydrogen-bond donors (Lipinski definition) is 2. The van der Waals surface area contributed by atoms with Gasteiger partial charge in [0.05, 0.1) is 23.0 Å². The molecule has 0 fully saturated rings. The lowest BCUT2D eigenvalue weighted by molar-refractivity contribution is 0.0956. The van der Waals surface area contributed by atoms with Crippen molar-refractivity contribution in [3.8, 4) is 5.75 Å². The largest absolute Gasteiger partial charge is 0.485 e. The predicted octanol–water partition coefficient (Wildman–Crippen LogP) is 3.16. The number of nitrogens with one attached hydrogen (secondary N) is 2. The van der Waals surface area contributed by atoms with E-state index >= 15 is 0 Å². The van der Waals surface area contributed by atoms with Crippen molar-refractivity contribution in [3.63, 3.8) is 0 Å². The third kappa shape index (κ3) is 3.57. The van der Waals surface area contributed by atoms with Gasteiger partial charge in [-0.15, -0.1) is 0 Å². The topological polar surface area (TPSA) is 97.0 Å². The predicted molar refractivity (Wildman–Crippen MR) is 98.8 cm³/mol. The van der Waals surface area contributed by atoms with Crippen LogP contribution in [0, 0.1) is 0 Å². The van der Waals surface area contributed by atoms with E-state index in [0.717, 1.165) is 24.2 Å². The summed E-state index contributed by atoms with van der Waals surface area (Å²) in [4.78, 5) is 36.3. The van der Waals surface area contributed by atoms with Gasteiger partial charge in [-0.25, -0.2) is 0 Å². The molecule has 2 N–H and O–H groups in total. The highest BCUT2D eigenvalue weighted by atomic mass is 16.5. The van der Waals surface area contributed by atoms with Crippen molar-refractivity contribution in [2.45, 2.75) is 25.9 Å². The molecule has 0 saturated carbocycles. The molecule has 1 amide bonds. The number of aromatic nitrogens is 3. The Hall–Kier alpha value is -3.48. The first-order chi connectivity index (χ1) is 13.2. The van der Waals surface area contributed by atoms with Crippen molar-refractivity contribution in [2.75, 3.05) is 5.32 Å². The molecule has 0 atom stereocenters. The Bertz CT molecular complexity index is 982. The average molecular weight is 362 g/mol. The summed E-state index contributed by atoms with van der Waals surface area (Å²) >= 11 is 0. The van der Waals surface area contributed by atoms with Crippen LogP contribution in [0.4, 0.5) is 5.69 Å². The van der Waals surface area contributed by atoms with Crippen molar-refractivity contribution in [1.29, 1.82) is 0 Å². The van der Waals surface area contributed by atoms with Gasteiger partial charge in [0.2, 0.25) is 0 Å². The lowest BCUT2D eigenvalue weighted by Crippen LogP contribution is -2.18. The Kier molecular flexibility index (Phi) is 4.65. The number of ether oxygens (including phenoxy) is 1. The molecular formula is C20H18N4O3. The normalized spacial score (nSPS) is 13.1. The van der Waals surface area contributed by atoms with E-state index in [9.17, 15) is 9.59 Å². The van der Waals surface area contributed by atoms with Crippen LogP contribution >= 0.6 is 0 Å². The van der Waals surface area contributed by atoms with Crippen LogP contribution in [0.2, 0.25) is 0 Å². The number of nitrogens with zero attached hydrogens (tertiary/aromatic N) is 2. The molecule has 27 heavy (non-hydrogen) atoms. The van der Waals surface area contributed by atoms with E-state index in [0.29, 0.717) is 29.0 Å². The van der Waals surface area contributed by atoms with Gasteiger partial charge in [0, 0.05) is 36.8 Å². The summed E-state index contributed by atoms with van der Waals surface area (Å²) in [6.45, 7) is 0.270. The van der Waals surface area contributed by atoms with Gasteiger partial charge in [-0.1, -0.05) is 6.07 Å². The minimum absolute atomic E-state index is 0.000428. The summed E-state index contributed by atoms with van der Waals surface area (Å²) in [6, 6.07) is 7.25. The van der Waals surface area contributed by atoms with Gasteiger partial charge in [0.1, 0.15) is 18.0 Å². The molecule has 3 heterocycles. The van der Waals surface area contributed by atoms with Crippen LogP contribution in [0.1, 0.15) is 44.9 Å². The second-order valence-electron chi connectivity index (χ2n) is 6.27. The summed E-state index contributed by atoms with van der Waals surface area (Å²) in [6.07, 6.45) is 8.45. The molecule has 0 unspecified atom stereocenters. The zero-order valence-electron chi connectivity index (χ0n) is 14.6. The highest BCUT2D eigenvalue weighted by Gasteiger charge is 2.26. The number of H-pyrrole nitrogens is 1. The number of aromatic amines is 1. The van der Waals surface area contributed by atoms with E-state index in [4.69, 9.17) is 4.74 Å². The number of hydrogen-bond acceptors (Lipinski definition) is 5. The molecule has 1 aliphatic rings. The number of fused-ring (bicyclic) bond motifs is 1. The van der Waals surface area contributed by atoms with Gasteiger partial charge in [0.15, 0.2) is 5.78 Å². The molecule has 0 radical (unpaired) electrons. The first-order valence-corrected chi connectivity index (χ1v) is 8.74. The summed E-state index contributed by atoms with van der Waals surface area (Å²) < 4.78 is 5.78. The van der Waals surface area contributed by atoms with Crippen molar-refractivity contribution in [1.82, 2.24) is 15.0 Å². The van der Waals surface area contributed by atoms with Crippen LogP contribution < -0.4 is 10.1 Å². The number of ketones is 1. The zero-order valence-corrected chi connectivity index (χ0v) is 14.6. The smallest absolute Gasteiger partial charge is 0.258 e. The molecule has 136 valence electrons. The Labute approximate surface area is 155 Å². The van der Waals surface area contributed by atoms with E-state index in [-0.39, 0.29) is 18.3 Å². The summed E-state index contributed by atoms with van der Waals surface area (Å²) in [5.41, 5.74) is 2.90. The van der Waals surface area contributed by atoms with E-state index in [1.165, 1.54) is 6.20 Å². The maximum absolute atomic E-state index is 12.7. The number of carbonyl (C=O) groups excluding carboxylic acids is 2. The molecule has 0 aliphatic heterocycles. The van der Waals surface area contributed by atoms with E-state index in [1.807, 2.05) is 18.2 Å². The van der Waals surface area contributed by atoms with Crippen molar-refractivity contribution in [3.05, 3.63) is 71.6 Å². The minimum atomic E-state index is -0.363. The number of carbonyl (C=O) groups is 2. The first-order valence-electron chi connectivity index (χ1n) is 8.74. The van der Waals surface area contributed by atoms with Gasteiger partial charge < -0.3 is 15.0 Å². The Morgan fingerprint density at radius 3 is 3.00 bits per heavy atom. The molecule has 0 aromatic carbocycles. The van der Waals surface area contributed by atoms with Gasteiger partial charge in [0.25, 0.3) is 5.91 Å². The fraction of sp³-hybridized carbons (Fsp3) is 0.200. The lowest BCUT2D eigenvalue weighted by atomic mass is 9.93. The second-order valence-corrected chi connectivity index (χ2v) is 6.27. The molecule has 0 spiro atoms. The molecule has 7 nitrogen and oxygen atoms in total. The fourth-order valence-corrected chi connectivity index (χ4v) is 3.14. The Morgan fingerprint density at radius 2 is 2.15 bits per heavy atom. The fourth-order valence-electron chi connectivity index (χ4n) is 3.14. The van der Waals surface area contributed by atoms with Crippen LogP contribution in [0.5, 0.6) is 5.75 Å². The molecule has 3 aromatic heterocycles. The molecule has 0 saturated heterocycles.